The lowest BCUT2D eigenvalue weighted by Gasteiger charge is -2.31. The summed E-state index contributed by atoms with van der Waals surface area (Å²) in [5.41, 5.74) is 8.89. The number of hydrogen-bond acceptors (Lipinski definition) is 4. The Bertz CT molecular complexity index is 978. The van der Waals surface area contributed by atoms with Crippen molar-refractivity contribution in [3.8, 4) is 5.69 Å². The topological polar surface area (TPSA) is 73.4 Å². The molecule has 6 nitrogen and oxygen atoms in total. The summed E-state index contributed by atoms with van der Waals surface area (Å²) in [4.78, 5) is 18.3. The van der Waals surface area contributed by atoms with Crippen LogP contribution in [0.4, 0.5) is 4.79 Å². The summed E-state index contributed by atoms with van der Waals surface area (Å²) in [6.07, 6.45) is 8.22. The van der Waals surface area contributed by atoms with Crippen LogP contribution in [0.2, 0.25) is 5.02 Å². The van der Waals surface area contributed by atoms with Gasteiger partial charge in [0, 0.05) is 41.6 Å². The van der Waals surface area contributed by atoms with E-state index >= 15 is 0 Å². The number of fused-ring (bicyclic) bond motifs is 1. The van der Waals surface area contributed by atoms with E-state index in [2.05, 4.69) is 21.8 Å². The van der Waals surface area contributed by atoms with Gasteiger partial charge in [-0.3, -0.25) is 4.98 Å². The van der Waals surface area contributed by atoms with E-state index in [1.165, 1.54) is 10.9 Å². The van der Waals surface area contributed by atoms with Crippen LogP contribution in [0.5, 0.6) is 0 Å². The molecule has 0 aliphatic carbocycles. The molecule has 2 N–H and O–H groups in total. The first-order chi connectivity index (χ1) is 14.2. The molecule has 1 fully saturated rings. The minimum Gasteiger partial charge on any atom is -0.449 e. The molecule has 1 aliphatic rings. The van der Waals surface area contributed by atoms with Gasteiger partial charge in [-0.15, -0.1) is 0 Å². The Morgan fingerprint density at radius 3 is 2.69 bits per heavy atom. The molecule has 2 aromatic heterocycles. The van der Waals surface area contributed by atoms with Crippen molar-refractivity contribution in [2.45, 2.75) is 25.2 Å². The third-order valence-electron chi connectivity index (χ3n) is 5.51. The van der Waals surface area contributed by atoms with E-state index in [9.17, 15) is 4.79 Å². The minimum atomic E-state index is -0.232. The number of carbonyl (C=O) groups excluding carboxylic acids is 1. The minimum absolute atomic E-state index is 0.232. The van der Waals surface area contributed by atoms with E-state index in [1.807, 2.05) is 36.7 Å². The van der Waals surface area contributed by atoms with Crippen LogP contribution in [-0.4, -0.2) is 46.8 Å². The number of pyridine rings is 1. The summed E-state index contributed by atoms with van der Waals surface area (Å²) >= 11 is 6.05. The van der Waals surface area contributed by atoms with Crippen LogP contribution < -0.4 is 5.73 Å². The van der Waals surface area contributed by atoms with Gasteiger partial charge >= 0.3 is 6.09 Å². The van der Waals surface area contributed by atoms with Crippen molar-refractivity contribution in [1.82, 2.24) is 14.5 Å². The number of halogens is 1. The van der Waals surface area contributed by atoms with Crippen molar-refractivity contribution in [2.75, 3.05) is 26.2 Å². The Hall–Kier alpha value is -2.57. The average Bonchev–Trinajstić information content (AvgIpc) is 3.14. The van der Waals surface area contributed by atoms with E-state index in [0.29, 0.717) is 43.6 Å². The first-order valence-electron chi connectivity index (χ1n) is 10.00. The first-order valence-corrected chi connectivity index (χ1v) is 10.4. The number of rotatable bonds is 5. The molecule has 0 saturated carbocycles. The molecule has 4 rings (SSSR count). The van der Waals surface area contributed by atoms with E-state index in [4.69, 9.17) is 22.1 Å². The van der Waals surface area contributed by atoms with Gasteiger partial charge in [-0.25, -0.2) is 4.79 Å². The van der Waals surface area contributed by atoms with Gasteiger partial charge in [0.05, 0.1) is 18.3 Å². The second-order valence-corrected chi connectivity index (χ2v) is 7.78. The van der Waals surface area contributed by atoms with Crippen molar-refractivity contribution in [1.29, 1.82) is 0 Å². The van der Waals surface area contributed by atoms with Crippen molar-refractivity contribution < 1.29 is 9.53 Å². The molecular weight excluding hydrogens is 388 g/mol. The van der Waals surface area contributed by atoms with Crippen molar-refractivity contribution in [3.63, 3.8) is 0 Å². The Morgan fingerprint density at radius 2 is 1.97 bits per heavy atom. The summed E-state index contributed by atoms with van der Waals surface area (Å²) in [5, 5.41) is 1.92. The molecule has 0 atom stereocenters. The van der Waals surface area contributed by atoms with Gasteiger partial charge in [-0.1, -0.05) is 11.6 Å². The molecule has 3 aromatic rings. The van der Waals surface area contributed by atoms with Gasteiger partial charge in [0.2, 0.25) is 0 Å². The maximum atomic E-state index is 12.2. The highest BCUT2D eigenvalue weighted by molar-refractivity contribution is 6.30. The molecular formula is C22H25ClN4O2. The van der Waals surface area contributed by atoms with E-state index in [-0.39, 0.29) is 6.09 Å². The third-order valence-corrected chi connectivity index (χ3v) is 5.76. The number of amides is 1. The fraction of sp³-hybridized carbons (Fsp3) is 0.364. The second-order valence-electron chi connectivity index (χ2n) is 7.34. The number of aromatic nitrogens is 2. The number of ether oxygens (including phenoxy) is 1. The molecule has 0 radical (unpaired) electrons. The molecule has 0 spiro atoms. The third kappa shape index (κ3) is 4.23. The Labute approximate surface area is 175 Å². The lowest BCUT2D eigenvalue weighted by molar-refractivity contribution is 0.0923. The molecule has 29 heavy (non-hydrogen) atoms. The van der Waals surface area contributed by atoms with Gasteiger partial charge in [-0.05, 0) is 67.6 Å². The summed E-state index contributed by atoms with van der Waals surface area (Å²) in [5.74, 6) is 0.390. The van der Waals surface area contributed by atoms with Crippen molar-refractivity contribution in [2.24, 2.45) is 5.73 Å². The van der Waals surface area contributed by atoms with Crippen LogP contribution in [0, 0.1) is 0 Å². The Morgan fingerprint density at radius 1 is 1.21 bits per heavy atom. The lowest BCUT2D eigenvalue weighted by Crippen LogP contribution is -2.38. The van der Waals surface area contributed by atoms with E-state index in [1.54, 1.807) is 4.90 Å². The first kappa shape index (κ1) is 19.7. The standard InChI is InChI=1S/C22H25ClN4O2/c23-17-2-4-18(5-3-17)27-15-20(19-6-10-25-14-21(19)27)16-7-11-26(12-8-16)22(28)29-13-1-9-24/h2-6,10,14-16H,1,7-9,11-13,24H2. The number of benzene rings is 1. The van der Waals surface area contributed by atoms with Crippen LogP contribution >= 0.6 is 11.6 Å². The van der Waals surface area contributed by atoms with Gasteiger partial charge in [0.1, 0.15) is 0 Å². The quantitative estimate of drug-likeness (QED) is 0.632. The number of nitrogens with two attached hydrogens (primary N) is 1. The highest BCUT2D eigenvalue weighted by atomic mass is 35.5. The summed E-state index contributed by atoms with van der Waals surface area (Å²) < 4.78 is 7.46. The molecule has 1 amide bonds. The smallest absolute Gasteiger partial charge is 0.409 e. The lowest BCUT2D eigenvalue weighted by atomic mass is 9.89. The zero-order chi connectivity index (χ0) is 20.2. The average molecular weight is 413 g/mol. The number of hydrogen-bond donors (Lipinski definition) is 1. The molecule has 0 bridgehead atoms. The maximum Gasteiger partial charge on any atom is 0.409 e. The van der Waals surface area contributed by atoms with Gasteiger partial charge in [0.15, 0.2) is 0 Å². The van der Waals surface area contributed by atoms with Gasteiger partial charge in [0.25, 0.3) is 0 Å². The summed E-state index contributed by atoms with van der Waals surface area (Å²) in [7, 11) is 0. The predicted octanol–water partition coefficient (Wildman–Crippen LogP) is 4.34. The zero-order valence-corrected chi connectivity index (χ0v) is 17.0. The second kappa shape index (κ2) is 8.84. The van der Waals surface area contributed by atoms with Crippen LogP contribution in [0.25, 0.3) is 16.6 Å². The largest absolute Gasteiger partial charge is 0.449 e. The molecule has 0 unspecified atom stereocenters. The van der Waals surface area contributed by atoms with Gasteiger partial charge < -0.3 is 19.9 Å². The van der Waals surface area contributed by atoms with E-state index < -0.39 is 0 Å². The van der Waals surface area contributed by atoms with Crippen LogP contribution in [0.15, 0.2) is 48.9 Å². The molecule has 3 heterocycles. The fourth-order valence-electron chi connectivity index (χ4n) is 3.95. The Kier molecular flexibility index (Phi) is 6.02. The van der Waals surface area contributed by atoms with Crippen molar-refractivity contribution in [3.05, 3.63) is 59.5 Å². The van der Waals surface area contributed by atoms with E-state index in [0.717, 1.165) is 24.0 Å². The van der Waals surface area contributed by atoms with Gasteiger partial charge in [-0.2, -0.15) is 0 Å². The van der Waals surface area contributed by atoms with Crippen LogP contribution in [0.1, 0.15) is 30.7 Å². The normalized spacial score (nSPS) is 15.0. The molecule has 152 valence electrons. The number of nitrogens with zero attached hydrogens (tertiary/aromatic N) is 3. The van der Waals surface area contributed by atoms with Crippen molar-refractivity contribution >= 4 is 28.6 Å². The zero-order valence-electron chi connectivity index (χ0n) is 16.3. The number of carbonyl (C=O) groups is 1. The molecule has 1 aromatic carbocycles. The highest BCUT2D eigenvalue weighted by Gasteiger charge is 2.27. The summed E-state index contributed by atoms with van der Waals surface area (Å²) in [6.45, 7) is 2.31. The monoisotopic (exact) mass is 412 g/mol. The summed E-state index contributed by atoms with van der Waals surface area (Å²) in [6, 6.07) is 9.89. The molecule has 1 saturated heterocycles. The predicted molar refractivity (Wildman–Crippen MR) is 115 cm³/mol. The number of likely N-dealkylation sites (tertiary alicyclic amines) is 1. The highest BCUT2D eigenvalue weighted by Crippen LogP contribution is 2.35. The Balaban J connectivity index is 1.53. The van der Waals surface area contributed by atoms with Crippen LogP contribution in [0.3, 0.4) is 0 Å². The molecule has 1 aliphatic heterocycles. The maximum absolute atomic E-state index is 12.2. The SMILES string of the molecule is NCCCOC(=O)N1CCC(c2cn(-c3ccc(Cl)cc3)c3cnccc23)CC1. The fourth-order valence-corrected chi connectivity index (χ4v) is 4.07. The number of piperidine rings is 1. The molecule has 7 heteroatoms. The van der Waals surface area contributed by atoms with Crippen LogP contribution in [-0.2, 0) is 4.74 Å².